The van der Waals surface area contributed by atoms with Crippen LogP contribution in [-0.2, 0) is 0 Å². The molecule has 0 bridgehead atoms. The molecule has 1 unspecified atom stereocenters. The number of likely N-dealkylation sites (tertiary alicyclic amines) is 1. The molecular formula is C22H21N5O. The summed E-state index contributed by atoms with van der Waals surface area (Å²) < 4.78 is 4.06. The first-order valence-corrected chi connectivity index (χ1v) is 9.62. The van der Waals surface area contributed by atoms with E-state index < -0.39 is 0 Å². The van der Waals surface area contributed by atoms with Crippen LogP contribution in [0.15, 0.2) is 73.2 Å². The van der Waals surface area contributed by atoms with Gasteiger partial charge in [0.25, 0.3) is 5.91 Å². The van der Waals surface area contributed by atoms with Gasteiger partial charge in [0.2, 0.25) is 0 Å². The van der Waals surface area contributed by atoms with E-state index in [4.69, 9.17) is 0 Å². The van der Waals surface area contributed by atoms with Crippen LogP contribution in [0.1, 0.15) is 34.9 Å². The molecule has 3 aromatic heterocycles. The predicted molar refractivity (Wildman–Crippen MR) is 107 cm³/mol. The zero-order valence-electron chi connectivity index (χ0n) is 15.5. The molecule has 0 aliphatic carbocycles. The summed E-state index contributed by atoms with van der Waals surface area (Å²) >= 11 is 0. The number of amides is 1. The number of hydrogen-bond donors (Lipinski definition) is 0. The molecule has 140 valence electrons. The lowest BCUT2D eigenvalue weighted by Gasteiger charge is -2.32. The number of benzene rings is 1. The van der Waals surface area contributed by atoms with E-state index in [0.29, 0.717) is 6.54 Å². The van der Waals surface area contributed by atoms with Crippen molar-refractivity contribution in [2.75, 3.05) is 13.1 Å². The molecule has 1 saturated heterocycles. The molecule has 4 aromatic rings. The van der Waals surface area contributed by atoms with Crippen LogP contribution in [0.3, 0.4) is 0 Å². The molecule has 28 heavy (non-hydrogen) atoms. The van der Waals surface area contributed by atoms with Crippen molar-refractivity contribution in [3.8, 4) is 5.69 Å². The fourth-order valence-electron chi connectivity index (χ4n) is 3.98. The highest BCUT2D eigenvalue weighted by atomic mass is 16.2. The van der Waals surface area contributed by atoms with Gasteiger partial charge in [-0.15, -0.1) is 10.2 Å². The first-order valence-electron chi connectivity index (χ1n) is 9.62. The zero-order chi connectivity index (χ0) is 18.9. The molecule has 1 aromatic carbocycles. The summed E-state index contributed by atoms with van der Waals surface area (Å²) in [6, 6.07) is 17.7. The van der Waals surface area contributed by atoms with Crippen molar-refractivity contribution in [3.05, 3.63) is 84.6 Å². The molecule has 0 N–H and O–H groups in total. The van der Waals surface area contributed by atoms with Gasteiger partial charge in [0, 0.05) is 48.8 Å². The average Bonchev–Trinajstić information content (AvgIpc) is 3.44. The molecule has 4 heterocycles. The summed E-state index contributed by atoms with van der Waals surface area (Å²) in [6.45, 7) is 1.46. The van der Waals surface area contributed by atoms with E-state index in [2.05, 4.69) is 10.2 Å². The minimum absolute atomic E-state index is 0.0811. The summed E-state index contributed by atoms with van der Waals surface area (Å²) in [5.41, 5.74) is 2.62. The average molecular weight is 371 g/mol. The minimum atomic E-state index is 0.0811. The summed E-state index contributed by atoms with van der Waals surface area (Å²) in [7, 11) is 0. The first-order chi connectivity index (χ1) is 13.8. The van der Waals surface area contributed by atoms with Crippen LogP contribution in [0.4, 0.5) is 0 Å². The Morgan fingerprint density at radius 2 is 1.71 bits per heavy atom. The Balaban J connectivity index is 1.35. The third-order valence-electron chi connectivity index (χ3n) is 5.43. The van der Waals surface area contributed by atoms with Crippen molar-refractivity contribution in [2.45, 2.75) is 18.8 Å². The molecule has 1 aliphatic heterocycles. The fraction of sp³-hybridized carbons (Fsp3) is 0.227. The van der Waals surface area contributed by atoms with Crippen LogP contribution < -0.4 is 0 Å². The van der Waals surface area contributed by atoms with Crippen LogP contribution >= 0.6 is 0 Å². The maximum atomic E-state index is 13.1. The van der Waals surface area contributed by atoms with Gasteiger partial charge in [-0.25, -0.2) is 0 Å². The van der Waals surface area contributed by atoms with Crippen molar-refractivity contribution in [1.29, 1.82) is 0 Å². The molecule has 5 rings (SSSR count). The topological polar surface area (TPSA) is 55.4 Å². The molecule has 1 aliphatic rings. The SMILES string of the molecule is O=C(c1ccc(-n2cccc2)cc1)N1CCCC(c2nnc3ccccn23)C1. The maximum Gasteiger partial charge on any atom is 0.253 e. The van der Waals surface area contributed by atoms with Crippen LogP contribution in [0, 0.1) is 0 Å². The van der Waals surface area contributed by atoms with Crippen LogP contribution in [0.2, 0.25) is 0 Å². The van der Waals surface area contributed by atoms with E-state index in [1.165, 1.54) is 0 Å². The van der Waals surface area contributed by atoms with E-state index >= 15 is 0 Å². The van der Waals surface area contributed by atoms with Gasteiger partial charge in [-0.2, -0.15) is 0 Å². The van der Waals surface area contributed by atoms with Crippen LogP contribution in [-0.4, -0.2) is 43.1 Å². The van der Waals surface area contributed by atoms with Gasteiger partial charge < -0.3 is 9.47 Å². The van der Waals surface area contributed by atoms with E-state index in [1.807, 2.05) is 87.1 Å². The third kappa shape index (κ3) is 2.97. The largest absolute Gasteiger partial charge is 0.338 e. The van der Waals surface area contributed by atoms with Crippen molar-refractivity contribution >= 4 is 11.6 Å². The highest BCUT2D eigenvalue weighted by molar-refractivity contribution is 5.94. The number of nitrogens with zero attached hydrogens (tertiary/aromatic N) is 5. The lowest BCUT2D eigenvalue weighted by Crippen LogP contribution is -2.39. The molecule has 0 saturated carbocycles. The Morgan fingerprint density at radius 1 is 0.929 bits per heavy atom. The van der Waals surface area contributed by atoms with Crippen LogP contribution in [0.25, 0.3) is 11.3 Å². The Kier molecular flexibility index (Phi) is 4.16. The predicted octanol–water partition coefficient (Wildman–Crippen LogP) is 3.54. The fourth-order valence-corrected chi connectivity index (χ4v) is 3.98. The van der Waals surface area contributed by atoms with Gasteiger partial charge in [-0.3, -0.25) is 9.20 Å². The molecule has 1 fully saturated rings. The summed E-state index contributed by atoms with van der Waals surface area (Å²) in [5, 5.41) is 8.66. The number of fused-ring (bicyclic) bond motifs is 1. The highest BCUT2D eigenvalue weighted by Crippen LogP contribution is 2.27. The summed E-state index contributed by atoms with van der Waals surface area (Å²) in [6.07, 6.45) is 7.97. The molecule has 1 atom stereocenters. The summed E-state index contributed by atoms with van der Waals surface area (Å²) in [5.74, 6) is 1.22. The van der Waals surface area contributed by atoms with Gasteiger partial charge in [-0.05, 0) is 61.4 Å². The molecule has 6 nitrogen and oxygen atoms in total. The number of aromatic nitrogens is 4. The van der Waals surface area contributed by atoms with Gasteiger partial charge in [0.1, 0.15) is 5.82 Å². The van der Waals surface area contributed by atoms with Crippen molar-refractivity contribution < 1.29 is 4.79 Å². The first kappa shape index (κ1) is 16.7. The van der Waals surface area contributed by atoms with Crippen molar-refractivity contribution in [1.82, 2.24) is 24.1 Å². The second kappa shape index (κ2) is 6.96. The van der Waals surface area contributed by atoms with Gasteiger partial charge in [0.15, 0.2) is 5.65 Å². The third-order valence-corrected chi connectivity index (χ3v) is 5.43. The molecule has 0 spiro atoms. The number of carbonyl (C=O) groups excluding carboxylic acids is 1. The number of carbonyl (C=O) groups is 1. The Morgan fingerprint density at radius 3 is 2.54 bits per heavy atom. The lowest BCUT2D eigenvalue weighted by molar-refractivity contribution is 0.0704. The van der Waals surface area contributed by atoms with E-state index in [-0.39, 0.29) is 11.8 Å². The smallest absolute Gasteiger partial charge is 0.253 e. The Labute approximate surface area is 163 Å². The van der Waals surface area contributed by atoms with Crippen molar-refractivity contribution in [2.24, 2.45) is 0 Å². The zero-order valence-corrected chi connectivity index (χ0v) is 15.5. The molecular weight excluding hydrogens is 350 g/mol. The Hall–Kier alpha value is -3.41. The minimum Gasteiger partial charge on any atom is -0.338 e. The van der Waals surface area contributed by atoms with Gasteiger partial charge in [-0.1, -0.05) is 6.07 Å². The molecule has 1 amide bonds. The number of piperidine rings is 1. The lowest BCUT2D eigenvalue weighted by atomic mass is 9.96. The standard InChI is InChI=1S/C22H21N5O/c28-22(17-8-10-19(11-9-17)25-12-3-4-13-25)26-14-5-6-18(16-26)21-24-23-20-7-1-2-15-27(20)21/h1-4,7-13,15,18H,5-6,14,16H2. The molecule has 0 radical (unpaired) electrons. The normalized spacial score (nSPS) is 17.1. The monoisotopic (exact) mass is 371 g/mol. The highest BCUT2D eigenvalue weighted by Gasteiger charge is 2.28. The van der Waals surface area contributed by atoms with E-state index in [1.54, 1.807) is 0 Å². The second-order valence-corrected chi connectivity index (χ2v) is 7.21. The number of rotatable bonds is 3. The quantitative estimate of drug-likeness (QED) is 0.553. The van der Waals surface area contributed by atoms with E-state index in [9.17, 15) is 4.79 Å². The van der Waals surface area contributed by atoms with Crippen LogP contribution in [0.5, 0.6) is 0 Å². The molecule has 6 heteroatoms. The number of hydrogen-bond acceptors (Lipinski definition) is 3. The maximum absolute atomic E-state index is 13.1. The van der Waals surface area contributed by atoms with Gasteiger partial charge in [0.05, 0.1) is 0 Å². The second-order valence-electron chi connectivity index (χ2n) is 7.21. The van der Waals surface area contributed by atoms with Crippen molar-refractivity contribution in [3.63, 3.8) is 0 Å². The summed E-state index contributed by atoms with van der Waals surface area (Å²) in [4.78, 5) is 15.0. The van der Waals surface area contributed by atoms with Gasteiger partial charge >= 0.3 is 0 Å². The van der Waals surface area contributed by atoms with E-state index in [0.717, 1.165) is 42.1 Å². The Bertz CT molecular complexity index is 1100. The number of pyridine rings is 1.